The molecule has 0 radical (unpaired) electrons. The minimum atomic E-state index is -0.519. The van der Waals surface area contributed by atoms with Gasteiger partial charge in [0, 0.05) is 28.0 Å². The summed E-state index contributed by atoms with van der Waals surface area (Å²) in [4.78, 5) is 13.0. The molecule has 1 amide bonds. The largest absolute Gasteiger partial charge is 0.506 e. The number of nitrogens with one attached hydrogen (secondary N) is 1. The van der Waals surface area contributed by atoms with Crippen molar-refractivity contribution in [3.05, 3.63) is 53.1 Å². The molecule has 0 fully saturated rings. The van der Waals surface area contributed by atoms with Crippen LogP contribution in [0.25, 0.3) is 0 Å². The van der Waals surface area contributed by atoms with E-state index in [2.05, 4.69) is 9.88 Å². The zero-order valence-electron chi connectivity index (χ0n) is 12.3. The Morgan fingerprint density at radius 3 is 2.58 bits per heavy atom. The van der Waals surface area contributed by atoms with Gasteiger partial charge >= 0.3 is 0 Å². The molecule has 0 saturated heterocycles. The van der Waals surface area contributed by atoms with E-state index in [4.69, 9.17) is 22.5 Å². The molecule has 9 heteroatoms. The van der Waals surface area contributed by atoms with Crippen LogP contribution in [0.15, 0.2) is 52.5 Å². The fraction of sp³-hybridized carbons (Fsp3) is 0.0667. The minimum Gasteiger partial charge on any atom is -0.506 e. The minimum absolute atomic E-state index is 0.0530. The van der Waals surface area contributed by atoms with Crippen molar-refractivity contribution in [3.8, 4) is 5.75 Å². The number of carbonyl (C=O) groups is 1. The molecule has 5 N–H and O–H groups in total. The van der Waals surface area contributed by atoms with E-state index in [9.17, 15) is 9.90 Å². The van der Waals surface area contributed by atoms with Gasteiger partial charge in [-0.15, -0.1) is 0 Å². The normalized spacial score (nSPS) is 11.3. The highest BCUT2D eigenvalue weighted by atomic mass is 35.5. The number of carbonyl (C=O) groups excluding carboxylic acids is 1. The third-order valence-corrected chi connectivity index (χ3v) is 5.12. The smallest absolute Gasteiger partial charge is 0.279 e. The zero-order chi connectivity index (χ0) is 17.5. The van der Waals surface area contributed by atoms with Gasteiger partial charge in [-0.1, -0.05) is 22.8 Å². The van der Waals surface area contributed by atoms with Gasteiger partial charge in [0.25, 0.3) is 5.91 Å². The molecular formula is C15H14ClN3O3S2. The van der Waals surface area contributed by atoms with Crippen molar-refractivity contribution in [2.24, 2.45) is 5.16 Å². The Morgan fingerprint density at radius 1 is 1.25 bits per heavy atom. The first-order chi connectivity index (χ1) is 11.5. The summed E-state index contributed by atoms with van der Waals surface area (Å²) in [6, 6.07) is 11.7. The number of rotatable bonds is 6. The van der Waals surface area contributed by atoms with Gasteiger partial charge < -0.3 is 16.0 Å². The lowest BCUT2D eigenvalue weighted by Gasteiger charge is -2.07. The summed E-state index contributed by atoms with van der Waals surface area (Å²) in [7, 11) is 2.43. The molecule has 0 heterocycles. The first-order valence-corrected chi connectivity index (χ1v) is 9.20. The SMILES string of the molecule is Nc1ccc(SSNC(=O)/C(Cc2ccc(O)c(Cl)c2)=N\O)cc1. The van der Waals surface area contributed by atoms with E-state index in [1.54, 1.807) is 18.2 Å². The van der Waals surface area contributed by atoms with Crippen LogP contribution in [0, 0.1) is 0 Å². The van der Waals surface area contributed by atoms with Crippen LogP contribution >= 0.6 is 33.4 Å². The lowest BCUT2D eigenvalue weighted by molar-refractivity contribution is -0.113. The van der Waals surface area contributed by atoms with Gasteiger partial charge in [0.2, 0.25) is 0 Å². The molecule has 6 nitrogen and oxygen atoms in total. The third kappa shape index (κ3) is 5.26. The van der Waals surface area contributed by atoms with E-state index in [1.165, 1.54) is 22.9 Å². The Labute approximate surface area is 151 Å². The average molecular weight is 384 g/mol. The number of anilines is 1. The molecule has 0 aliphatic heterocycles. The van der Waals surface area contributed by atoms with E-state index in [-0.39, 0.29) is 22.9 Å². The number of nitrogens with two attached hydrogens (primary N) is 1. The van der Waals surface area contributed by atoms with Crippen molar-refractivity contribution in [1.29, 1.82) is 0 Å². The molecule has 126 valence electrons. The number of halogens is 1. The molecule has 2 aromatic carbocycles. The second-order valence-corrected chi connectivity index (χ2v) is 7.09. The Balaban J connectivity index is 1.89. The van der Waals surface area contributed by atoms with E-state index in [0.29, 0.717) is 11.3 Å². The molecule has 0 aliphatic rings. The predicted molar refractivity (Wildman–Crippen MR) is 98.5 cm³/mol. The van der Waals surface area contributed by atoms with Crippen LogP contribution in [0.3, 0.4) is 0 Å². The van der Waals surface area contributed by atoms with Gasteiger partial charge in [-0.2, -0.15) is 0 Å². The van der Waals surface area contributed by atoms with Crippen molar-refractivity contribution < 1.29 is 15.1 Å². The van der Waals surface area contributed by atoms with Gasteiger partial charge in [0.1, 0.15) is 11.5 Å². The molecule has 0 atom stereocenters. The van der Waals surface area contributed by atoms with Gasteiger partial charge in [0.05, 0.1) is 5.02 Å². The summed E-state index contributed by atoms with van der Waals surface area (Å²) >= 11 is 5.81. The first kappa shape index (κ1) is 18.3. The maximum Gasteiger partial charge on any atom is 0.279 e. The third-order valence-electron chi connectivity index (χ3n) is 2.92. The van der Waals surface area contributed by atoms with Crippen molar-refractivity contribution >= 4 is 50.7 Å². The van der Waals surface area contributed by atoms with Crippen LogP contribution in [0.5, 0.6) is 5.75 Å². The van der Waals surface area contributed by atoms with Crippen molar-refractivity contribution in [2.75, 3.05) is 5.73 Å². The summed E-state index contributed by atoms with van der Waals surface area (Å²) in [5.74, 6) is -0.572. The Bertz CT molecular complexity index is 754. The number of oxime groups is 1. The van der Waals surface area contributed by atoms with Crippen LogP contribution in [0.4, 0.5) is 5.69 Å². The number of phenolic OH excluding ortho intramolecular Hbond substituents is 1. The number of phenols is 1. The van der Waals surface area contributed by atoms with Crippen LogP contribution < -0.4 is 10.5 Å². The maximum absolute atomic E-state index is 12.0. The van der Waals surface area contributed by atoms with E-state index >= 15 is 0 Å². The van der Waals surface area contributed by atoms with Crippen LogP contribution in [0.2, 0.25) is 5.02 Å². The predicted octanol–water partition coefficient (Wildman–Crippen LogP) is 3.47. The van der Waals surface area contributed by atoms with Crippen LogP contribution in [0.1, 0.15) is 5.56 Å². The average Bonchev–Trinajstić information content (AvgIpc) is 2.57. The van der Waals surface area contributed by atoms with Gasteiger partial charge in [-0.25, -0.2) is 0 Å². The summed E-state index contributed by atoms with van der Waals surface area (Å²) in [5.41, 5.74) is 6.83. The van der Waals surface area contributed by atoms with Crippen molar-refractivity contribution in [2.45, 2.75) is 11.3 Å². The number of hydrogen-bond donors (Lipinski definition) is 4. The summed E-state index contributed by atoms with van der Waals surface area (Å²) in [6.45, 7) is 0. The van der Waals surface area contributed by atoms with Gasteiger partial charge in [-0.05, 0) is 52.8 Å². The number of benzene rings is 2. The Morgan fingerprint density at radius 2 is 1.96 bits per heavy atom. The molecule has 0 spiro atoms. The molecule has 0 saturated carbocycles. The molecule has 0 aliphatic carbocycles. The molecule has 0 bridgehead atoms. The second-order valence-electron chi connectivity index (χ2n) is 4.68. The quantitative estimate of drug-likeness (QED) is 0.152. The monoisotopic (exact) mass is 383 g/mol. The first-order valence-electron chi connectivity index (χ1n) is 6.67. The zero-order valence-corrected chi connectivity index (χ0v) is 14.7. The summed E-state index contributed by atoms with van der Waals surface area (Å²) in [6.07, 6.45) is 0.0788. The topological polar surface area (TPSA) is 108 Å². The second kappa shape index (κ2) is 8.72. The molecule has 0 aromatic heterocycles. The Hall–Kier alpha value is -2.03. The molecule has 24 heavy (non-hydrogen) atoms. The van der Waals surface area contributed by atoms with Crippen LogP contribution in [-0.2, 0) is 11.2 Å². The highest BCUT2D eigenvalue weighted by Gasteiger charge is 2.14. The molecule has 0 unspecified atom stereocenters. The van der Waals surface area contributed by atoms with Crippen molar-refractivity contribution in [1.82, 2.24) is 4.72 Å². The standard InChI is InChI=1S/C15H14ClN3O3S2/c16-12-7-9(1-6-14(12)20)8-13(18-22)15(21)19-24-23-11-4-2-10(17)3-5-11/h1-7,20,22H,8,17H2,(H,19,21)/b18-13-. The van der Waals surface area contributed by atoms with E-state index < -0.39 is 5.91 Å². The lowest BCUT2D eigenvalue weighted by Crippen LogP contribution is -2.27. The summed E-state index contributed by atoms with van der Waals surface area (Å²) in [5, 5.41) is 21.6. The highest BCUT2D eigenvalue weighted by molar-refractivity contribution is 8.76. The van der Waals surface area contributed by atoms with Crippen LogP contribution in [-0.4, -0.2) is 21.9 Å². The fourth-order valence-corrected chi connectivity index (χ4v) is 3.46. The number of aromatic hydroxyl groups is 1. The van der Waals surface area contributed by atoms with Crippen molar-refractivity contribution in [3.63, 3.8) is 0 Å². The number of hydrogen-bond acceptors (Lipinski definition) is 7. The Kier molecular flexibility index (Phi) is 6.65. The molecule has 2 rings (SSSR count). The number of nitrogens with zero attached hydrogens (tertiary/aromatic N) is 1. The van der Waals surface area contributed by atoms with E-state index in [0.717, 1.165) is 15.9 Å². The summed E-state index contributed by atoms with van der Waals surface area (Å²) < 4.78 is 2.58. The maximum atomic E-state index is 12.0. The highest BCUT2D eigenvalue weighted by Crippen LogP contribution is 2.29. The number of amides is 1. The lowest BCUT2D eigenvalue weighted by atomic mass is 10.1. The van der Waals surface area contributed by atoms with Gasteiger partial charge in [-0.3, -0.25) is 9.52 Å². The molecular weight excluding hydrogens is 370 g/mol. The van der Waals surface area contributed by atoms with E-state index in [1.807, 2.05) is 12.1 Å². The fourth-order valence-electron chi connectivity index (χ4n) is 1.70. The molecule has 2 aromatic rings. The number of nitrogen functional groups attached to an aromatic ring is 1. The van der Waals surface area contributed by atoms with Gasteiger partial charge in [0.15, 0.2) is 0 Å².